The number of phenols is 1. The highest BCUT2D eigenvalue weighted by atomic mass is 19.1. The van der Waals surface area contributed by atoms with Gasteiger partial charge in [0.15, 0.2) is 17.2 Å². The summed E-state index contributed by atoms with van der Waals surface area (Å²) in [5, 5.41) is 17.4. The summed E-state index contributed by atoms with van der Waals surface area (Å²) in [6.45, 7) is 3.79. The zero-order chi connectivity index (χ0) is 27.1. The average Bonchev–Trinajstić information content (AvgIpc) is 3.71. The van der Waals surface area contributed by atoms with E-state index in [1.165, 1.54) is 25.0 Å². The average molecular weight is 537 g/mol. The molecular weight excluding hydrogens is 511 g/mol. The normalized spacial score (nSPS) is 13.9. The fourth-order valence-electron chi connectivity index (χ4n) is 5.15. The van der Waals surface area contributed by atoms with E-state index in [-0.39, 0.29) is 5.75 Å². The number of halogens is 1. The molecule has 6 aromatic rings. The van der Waals surface area contributed by atoms with Gasteiger partial charge < -0.3 is 14.8 Å². The number of fused-ring (bicyclic) bond motifs is 2. The minimum atomic E-state index is -0.540. The number of hydrogen-bond donors (Lipinski definition) is 3. The van der Waals surface area contributed by atoms with E-state index < -0.39 is 5.82 Å². The predicted molar refractivity (Wildman–Crippen MR) is 148 cm³/mol. The first kappa shape index (κ1) is 24.2. The number of pyridine rings is 3. The molecule has 1 aliphatic heterocycles. The number of rotatable bonds is 7. The molecule has 10 nitrogen and oxygen atoms in total. The molecule has 1 saturated heterocycles. The van der Waals surface area contributed by atoms with Crippen molar-refractivity contribution in [3.8, 4) is 45.4 Å². The van der Waals surface area contributed by atoms with Gasteiger partial charge in [-0.3, -0.25) is 15.0 Å². The maximum atomic E-state index is 14.0. The summed E-state index contributed by atoms with van der Waals surface area (Å²) in [5.74, 6) is 0.455. The van der Waals surface area contributed by atoms with Gasteiger partial charge in [-0.05, 0) is 67.9 Å². The molecule has 0 unspecified atom stereocenters. The van der Waals surface area contributed by atoms with E-state index in [1.54, 1.807) is 24.7 Å². The number of nitrogens with zero attached hydrogens (tertiary/aromatic N) is 6. The summed E-state index contributed by atoms with van der Waals surface area (Å²) in [5.41, 5.74) is 5.59. The Kier molecular flexibility index (Phi) is 6.05. The maximum Gasteiger partial charge on any atom is 0.162 e. The van der Waals surface area contributed by atoms with Crippen molar-refractivity contribution in [2.75, 3.05) is 26.2 Å². The van der Waals surface area contributed by atoms with E-state index >= 15 is 0 Å². The predicted octanol–water partition coefficient (Wildman–Crippen LogP) is 4.94. The van der Waals surface area contributed by atoms with Crippen molar-refractivity contribution in [1.82, 2.24) is 40.0 Å². The van der Waals surface area contributed by atoms with E-state index in [4.69, 9.17) is 14.7 Å². The van der Waals surface area contributed by atoms with Crippen LogP contribution in [-0.2, 0) is 0 Å². The lowest BCUT2D eigenvalue weighted by Crippen LogP contribution is -2.25. The van der Waals surface area contributed by atoms with E-state index in [9.17, 15) is 9.50 Å². The van der Waals surface area contributed by atoms with Gasteiger partial charge in [-0.1, -0.05) is 0 Å². The van der Waals surface area contributed by atoms with Crippen molar-refractivity contribution in [1.29, 1.82) is 0 Å². The second-order valence-electron chi connectivity index (χ2n) is 9.81. The minimum Gasteiger partial charge on any atom is -0.508 e. The van der Waals surface area contributed by atoms with Gasteiger partial charge in [0.25, 0.3) is 0 Å². The van der Waals surface area contributed by atoms with Crippen molar-refractivity contribution in [3.63, 3.8) is 0 Å². The fourth-order valence-corrected chi connectivity index (χ4v) is 5.15. The Balaban J connectivity index is 1.21. The summed E-state index contributed by atoms with van der Waals surface area (Å²) in [4.78, 5) is 24.0. The lowest BCUT2D eigenvalue weighted by atomic mass is 10.1. The van der Waals surface area contributed by atoms with Crippen molar-refractivity contribution in [2.45, 2.75) is 12.8 Å². The van der Waals surface area contributed by atoms with Crippen molar-refractivity contribution < 1.29 is 14.2 Å². The molecule has 40 heavy (non-hydrogen) atoms. The number of aromatic amines is 2. The summed E-state index contributed by atoms with van der Waals surface area (Å²) in [7, 11) is 0. The van der Waals surface area contributed by atoms with Gasteiger partial charge in [0.2, 0.25) is 0 Å². The Bertz CT molecular complexity index is 1820. The molecule has 200 valence electrons. The number of nitrogens with one attached hydrogen (secondary N) is 2. The zero-order valence-corrected chi connectivity index (χ0v) is 21.4. The first-order chi connectivity index (χ1) is 19.6. The van der Waals surface area contributed by atoms with E-state index in [1.807, 2.05) is 18.2 Å². The molecule has 11 heteroatoms. The second kappa shape index (κ2) is 10.0. The number of phenolic OH excluding ortho intramolecular Hbond substituents is 1. The highest BCUT2D eigenvalue weighted by molar-refractivity contribution is 5.95. The molecule has 5 aromatic heterocycles. The topological polar surface area (TPSA) is 129 Å². The van der Waals surface area contributed by atoms with Crippen molar-refractivity contribution in [2.24, 2.45) is 0 Å². The van der Waals surface area contributed by atoms with Gasteiger partial charge >= 0.3 is 0 Å². The number of aromatic hydroxyl groups is 1. The molecule has 0 bridgehead atoms. The molecule has 3 N–H and O–H groups in total. The number of H-pyrrole nitrogens is 2. The van der Waals surface area contributed by atoms with E-state index in [2.05, 4.69) is 30.0 Å². The van der Waals surface area contributed by atoms with Crippen LogP contribution in [0.15, 0.2) is 61.1 Å². The van der Waals surface area contributed by atoms with Gasteiger partial charge in [0.1, 0.15) is 35.0 Å². The number of hydrogen-bond acceptors (Lipinski definition) is 8. The Hall–Kier alpha value is -4.90. The third-order valence-corrected chi connectivity index (χ3v) is 7.09. The molecule has 1 aliphatic rings. The first-order valence-corrected chi connectivity index (χ1v) is 13.1. The van der Waals surface area contributed by atoms with Gasteiger partial charge in [-0.2, -0.15) is 5.10 Å². The SMILES string of the molecule is Oc1cc(F)cc(-c2ccnc3[nH]c(-c4n[nH]c5ccc(-c6cncc(OCCN7CCCC7)c6)nc45)nc23)c1. The standard InChI is InChI=1S/C29H25FN8O2/c30-19-11-17(12-20(39)14-19)22-5-6-32-28-25(22)34-29(35-28)27-26-24(36-37-27)4-3-23(33-26)18-13-21(16-31-15-18)40-10-9-38-7-1-2-8-38/h3-6,11-16,39H,1-2,7-10H2,(H,36,37)(H,32,34,35). The highest BCUT2D eigenvalue weighted by Crippen LogP contribution is 2.33. The van der Waals surface area contributed by atoms with E-state index in [0.717, 1.165) is 42.5 Å². The van der Waals surface area contributed by atoms with E-state index in [0.29, 0.717) is 51.7 Å². The largest absolute Gasteiger partial charge is 0.508 e. The van der Waals surface area contributed by atoms with Gasteiger partial charge in [0.05, 0.1) is 17.4 Å². The van der Waals surface area contributed by atoms with Gasteiger partial charge in [-0.15, -0.1) is 0 Å². The molecule has 0 spiro atoms. The van der Waals surface area contributed by atoms with Gasteiger partial charge in [-0.25, -0.2) is 19.3 Å². The summed E-state index contributed by atoms with van der Waals surface area (Å²) in [6.07, 6.45) is 7.59. The van der Waals surface area contributed by atoms with Crippen LogP contribution in [0.5, 0.6) is 11.5 Å². The number of aromatic nitrogens is 7. The summed E-state index contributed by atoms with van der Waals surface area (Å²) in [6, 6.07) is 11.4. The lowest BCUT2D eigenvalue weighted by molar-refractivity contribution is 0.237. The number of benzene rings is 1. The molecule has 0 atom stereocenters. The van der Waals surface area contributed by atoms with Crippen LogP contribution in [-0.4, -0.2) is 71.4 Å². The van der Waals surface area contributed by atoms with Crippen LogP contribution in [0.4, 0.5) is 4.39 Å². The second-order valence-corrected chi connectivity index (χ2v) is 9.81. The maximum absolute atomic E-state index is 14.0. The molecular formula is C29H25FN8O2. The molecule has 6 heterocycles. The summed E-state index contributed by atoms with van der Waals surface area (Å²) < 4.78 is 20.0. The minimum absolute atomic E-state index is 0.165. The van der Waals surface area contributed by atoms with Gasteiger partial charge in [0, 0.05) is 36.1 Å². The monoisotopic (exact) mass is 536 g/mol. The van der Waals surface area contributed by atoms with Crippen LogP contribution in [0.2, 0.25) is 0 Å². The Morgan fingerprint density at radius 1 is 0.975 bits per heavy atom. The quantitative estimate of drug-likeness (QED) is 0.262. The van der Waals surface area contributed by atoms with Crippen molar-refractivity contribution >= 4 is 22.2 Å². The molecule has 0 aliphatic carbocycles. The van der Waals surface area contributed by atoms with Crippen LogP contribution in [0, 0.1) is 5.82 Å². The molecule has 0 saturated carbocycles. The number of ether oxygens (including phenoxy) is 1. The third-order valence-electron chi connectivity index (χ3n) is 7.09. The lowest BCUT2D eigenvalue weighted by Gasteiger charge is -2.15. The molecule has 0 radical (unpaired) electrons. The smallest absolute Gasteiger partial charge is 0.162 e. The number of likely N-dealkylation sites (tertiary alicyclic amines) is 1. The zero-order valence-electron chi connectivity index (χ0n) is 21.4. The Labute approximate surface area is 227 Å². The Morgan fingerprint density at radius 3 is 2.75 bits per heavy atom. The third kappa shape index (κ3) is 4.60. The fraction of sp³-hybridized carbons (Fsp3) is 0.207. The van der Waals surface area contributed by atoms with Crippen LogP contribution in [0.25, 0.3) is 56.1 Å². The molecule has 1 aromatic carbocycles. The Morgan fingerprint density at radius 2 is 1.88 bits per heavy atom. The molecule has 1 fully saturated rings. The van der Waals surface area contributed by atoms with Crippen LogP contribution in [0.1, 0.15) is 12.8 Å². The summed E-state index contributed by atoms with van der Waals surface area (Å²) >= 11 is 0. The molecule has 7 rings (SSSR count). The number of imidazole rings is 1. The van der Waals surface area contributed by atoms with Crippen molar-refractivity contribution in [3.05, 3.63) is 66.9 Å². The van der Waals surface area contributed by atoms with Crippen LogP contribution >= 0.6 is 0 Å². The first-order valence-electron chi connectivity index (χ1n) is 13.1. The molecule has 0 amide bonds. The highest BCUT2D eigenvalue weighted by Gasteiger charge is 2.18. The van der Waals surface area contributed by atoms with Crippen LogP contribution < -0.4 is 4.74 Å². The van der Waals surface area contributed by atoms with Crippen LogP contribution in [0.3, 0.4) is 0 Å².